The Bertz CT molecular complexity index is 1300. The number of hydrogen-bond donors (Lipinski definition) is 0. The molecule has 0 aliphatic carbocycles. The smallest absolute Gasteiger partial charge is 0.258 e. The van der Waals surface area contributed by atoms with Crippen molar-refractivity contribution in [3.05, 3.63) is 93.2 Å². The number of benzene rings is 1. The predicted octanol–water partition coefficient (Wildman–Crippen LogP) is 4.41. The first-order valence-corrected chi connectivity index (χ1v) is 11.3. The highest BCUT2D eigenvalue weighted by Gasteiger charge is 2.14. The second-order valence-electron chi connectivity index (χ2n) is 6.85. The van der Waals surface area contributed by atoms with E-state index in [-0.39, 0.29) is 5.56 Å². The molecule has 4 rings (SSSR count). The molecule has 3 heterocycles. The summed E-state index contributed by atoms with van der Waals surface area (Å²) in [6.07, 6.45) is 3.50. The first-order chi connectivity index (χ1) is 15.0. The standard InChI is InChI=1S/C22H20BrN5O2S/c1-3-9-27-20(13-30-18-6-4-5-15(2)10-18)25-26-22(27)31-14-17-11-21(29)28-12-16(23)7-8-19(28)24-17/h3-8,10-12H,1,9,13-14H2,2H3. The molecule has 31 heavy (non-hydrogen) atoms. The number of pyridine rings is 1. The van der Waals surface area contributed by atoms with Crippen LogP contribution >= 0.6 is 27.7 Å². The highest BCUT2D eigenvalue weighted by Crippen LogP contribution is 2.22. The second-order valence-corrected chi connectivity index (χ2v) is 8.71. The first kappa shape index (κ1) is 21.3. The SMILES string of the molecule is C=CCn1c(COc2cccc(C)c2)nnc1SCc1cc(=O)n2cc(Br)ccc2n1. The predicted molar refractivity (Wildman–Crippen MR) is 124 cm³/mol. The van der Waals surface area contributed by atoms with Gasteiger partial charge in [-0.05, 0) is 52.7 Å². The molecule has 0 amide bonds. The molecule has 0 aliphatic rings. The van der Waals surface area contributed by atoms with Crippen LogP contribution in [-0.2, 0) is 18.9 Å². The summed E-state index contributed by atoms with van der Waals surface area (Å²) in [5.74, 6) is 1.99. The lowest BCUT2D eigenvalue weighted by atomic mass is 10.2. The number of halogens is 1. The molecule has 1 aromatic carbocycles. The van der Waals surface area contributed by atoms with Crippen molar-refractivity contribution in [1.29, 1.82) is 0 Å². The zero-order chi connectivity index (χ0) is 21.8. The molecule has 0 saturated carbocycles. The molecule has 0 fully saturated rings. The van der Waals surface area contributed by atoms with Gasteiger partial charge in [-0.1, -0.05) is 30.0 Å². The zero-order valence-corrected chi connectivity index (χ0v) is 19.3. The minimum Gasteiger partial charge on any atom is -0.486 e. The summed E-state index contributed by atoms with van der Waals surface area (Å²) in [4.78, 5) is 17.0. The molecular formula is C22H20BrN5O2S. The fourth-order valence-electron chi connectivity index (χ4n) is 3.04. The fraction of sp³-hybridized carbons (Fsp3) is 0.182. The number of thioether (sulfide) groups is 1. The molecule has 0 radical (unpaired) electrons. The number of fused-ring (bicyclic) bond motifs is 1. The van der Waals surface area contributed by atoms with Crippen LogP contribution in [-0.4, -0.2) is 24.1 Å². The molecular weight excluding hydrogens is 478 g/mol. The third kappa shape index (κ3) is 5.05. The Hall–Kier alpha value is -2.91. The molecule has 0 atom stereocenters. The summed E-state index contributed by atoms with van der Waals surface area (Å²) >= 11 is 4.85. The van der Waals surface area contributed by atoms with Crippen LogP contribution in [0.3, 0.4) is 0 Å². The monoisotopic (exact) mass is 497 g/mol. The summed E-state index contributed by atoms with van der Waals surface area (Å²) < 4.78 is 10.2. The van der Waals surface area contributed by atoms with Crippen LogP contribution in [0.4, 0.5) is 0 Å². The third-order valence-electron chi connectivity index (χ3n) is 4.49. The first-order valence-electron chi connectivity index (χ1n) is 9.56. The third-order valence-corrected chi connectivity index (χ3v) is 5.96. The van der Waals surface area contributed by atoms with Crippen LogP contribution in [0.1, 0.15) is 17.1 Å². The number of allylic oxidation sites excluding steroid dienone is 1. The zero-order valence-electron chi connectivity index (χ0n) is 16.9. The summed E-state index contributed by atoms with van der Waals surface area (Å²) in [5, 5.41) is 9.32. The van der Waals surface area contributed by atoms with Crippen LogP contribution in [0.2, 0.25) is 0 Å². The second kappa shape index (κ2) is 9.49. The Morgan fingerprint density at radius 3 is 2.90 bits per heavy atom. The highest BCUT2D eigenvalue weighted by molar-refractivity contribution is 9.10. The maximum absolute atomic E-state index is 12.4. The Balaban J connectivity index is 1.51. The lowest BCUT2D eigenvalue weighted by Gasteiger charge is -2.09. The van der Waals surface area contributed by atoms with E-state index < -0.39 is 0 Å². The number of aryl methyl sites for hydroxylation is 1. The molecule has 4 aromatic rings. The van der Waals surface area contributed by atoms with Crippen molar-refractivity contribution in [3.63, 3.8) is 0 Å². The van der Waals surface area contributed by atoms with Gasteiger partial charge in [-0.25, -0.2) is 4.98 Å². The van der Waals surface area contributed by atoms with Gasteiger partial charge >= 0.3 is 0 Å². The van der Waals surface area contributed by atoms with Crippen LogP contribution in [0.5, 0.6) is 5.75 Å². The van der Waals surface area contributed by atoms with E-state index in [1.165, 1.54) is 16.2 Å². The number of nitrogens with zero attached hydrogens (tertiary/aromatic N) is 5. The van der Waals surface area contributed by atoms with E-state index in [9.17, 15) is 4.79 Å². The Labute approximate surface area is 191 Å². The van der Waals surface area contributed by atoms with Gasteiger partial charge in [0.05, 0.1) is 5.69 Å². The number of rotatable bonds is 8. The van der Waals surface area contributed by atoms with Gasteiger partial charge < -0.3 is 4.74 Å². The van der Waals surface area contributed by atoms with Crippen molar-refractivity contribution in [3.8, 4) is 5.75 Å². The topological polar surface area (TPSA) is 74.3 Å². The summed E-state index contributed by atoms with van der Waals surface area (Å²) in [6.45, 7) is 6.71. The van der Waals surface area contributed by atoms with E-state index in [4.69, 9.17) is 4.74 Å². The summed E-state index contributed by atoms with van der Waals surface area (Å²) in [5.41, 5.74) is 2.29. The van der Waals surface area contributed by atoms with Gasteiger partial charge in [0.2, 0.25) is 0 Å². The van der Waals surface area contributed by atoms with Gasteiger partial charge in [-0.3, -0.25) is 13.8 Å². The van der Waals surface area contributed by atoms with Crippen LogP contribution in [0.25, 0.3) is 5.65 Å². The fourth-order valence-corrected chi connectivity index (χ4v) is 4.23. The maximum atomic E-state index is 12.4. The van der Waals surface area contributed by atoms with Crippen LogP contribution in [0.15, 0.2) is 75.7 Å². The van der Waals surface area contributed by atoms with Gasteiger partial charge in [0.25, 0.3) is 5.56 Å². The normalized spacial score (nSPS) is 11.0. The lowest BCUT2D eigenvalue weighted by molar-refractivity contribution is 0.289. The van der Waals surface area contributed by atoms with Gasteiger partial charge in [0.15, 0.2) is 11.0 Å². The maximum Gasteiger partial charge on any atom is 0.258 e. The van der Waals surface area contributed by atoms with Crippen molar-refractivity contribution < 1.29 is 4.74 Å². The Morgan fingerprint density at radius 1 is 1.23 bits per heavy atom. The van der Waals surface area contributed by atoms with Crippen LogP contribution in [0, 0.1) is 6.92 Å². The van der Waals surface area contributed by atoms with Crippen molar-refractivity contribution in [1.82, 2.24) is 24.1 Å². The molecule has 7 nitrogen and oxygen atoms in total. The van der Waals surface area contributed by atoms with E-state index in [1.807, 2.05) is 41.8 Å². The lowest BCUT2D eigenvalue weighted by Crippen LogP contribution is -2.15. The average molecular weight is 498 g/mol. The molecule has 0 unspecified atom stereocenters. The minimum atomic E-state index is -0.123. The van der Waals surface area contributed by atoms with Gasteiger partial charge in [-0.2, -0.15) is 0 Å². The number of ether oxygens (including phenoxy) is 1. The van der Waals surface area contributed by atoms with Crippen molar-refractivity contribution in [2.75, 3.05) is 0 Å². The Morgan fingerprint density at radius 2 is 2.10 bits per heavy atom. The minimum absolute atomic E-state index is 0.123. The van der Waals surface area contributed by atoms with Crippen molar-refractivity contribution >= 4 is 33.3 Å². The van der Waals surface area contributed by atoms with E-state index in [0.717, 1.165) is 20.9 Å². The molecule has 0 spiro atoms. The number of hydrogen-bond acceptors (Lipinski definition) is 6. The molecule has 0 saturated heterocycles. The number of aromatic nitrogens is 5. The summed E-state index contributed by atoms with van der Waals surface area (Å²) in [6, 6.07) is 13.1. The molecule has 0 bridgehead atoms. The molecule has 158 valence electrons. The van der Waals surface area contributed by atoms with Gasteiger partial charge in [-0.15, -0.1) is 16.8 Å². The van der Waals surface area contributed by atoms with Crippen molar-refractivity contribution in [2.24, 2.45) is 0 Å². The van der Waals surface area contributed by atoms with Gasteiger partial charge in [0.1, 0.15) is 18.0 Å². The van der Waals surface area contributed by atoms with Gasteiger partial charge in [0, 0.05) is 29.0 Å². The molecule has 3 aromatic heterocycles. The highest BCUT2D eigenvalue weighted by atomic mass is 79.9. The van der Waals surface area contributed by atoms with Crippen LogP contribution < -0.4 is 10.3 Å². The van der Waals surface area contributed by atoms with E-state index >= 15 is 0 Å². The largest absolute Gasteiger partial charge is 0.486 e. The molecule has 0 aliphatic heterocycles. The van der Waals surface area contributed by atoms with E-state index in [1.54, 1.807) is 24.4 Å². The summed E-state index contributed by atoms with van der Waals surface area (Å²) in [7, 11) is 0. The van der Waals surface area contributed by atoms with E-state index in [2.05, 4.69) is 37.7 Å². The molecule has 0 N–H and O–H groups in total. The van der Waals surface area contributed by atoms with E-state index in [0.29, 0.717) is 36.1 Å². The Kier molecular flexibility index (Phi) is 6.53. The van der Waals surface area contributed by atoms with Crippen molar-refractivity contribution in [2.45, 2.75) is 31.0 Å². The quantitative estimate of drug-likeness (QED) is 0.265. The molecule has 9 heteroatoms. The average Bonchev–Trinajstić information content (AvgIpc) is 3.13.